The Hall–Kier alpha value is -0.830. The van der Waals surface area contributed by atoms with Crippen LogP contribution in [0.4, 0.5) is 0 Å². The molecule has 2 rings (SSSR count). The summed E-state index contributed by atoms with van der Waals surface area (Å²) in [5.74, 6) is 0. The molecule has 0 aliphatic heterocycles. The molecule has 0 fully saturated rings. The van der Waals surface area contributed by atoms with Crippen LogP contribution in [-0.2, 0) is 7.05 Å². The lowest BCUT2D eigenvalue weighted by Gasteiger charge is -1.84. The number of fused-ring (bicyclic) bond motifs is 1. The second kappa shape index (κ2) is 1.83. The second-order valence-electron chi connectivity index (χ2n) is 2.29. The van der Waals surface area contributed by atoms with Gasteiger partial charge in [-0.25, -0.2) is 0 Å². The van der Waals surface area contributed by atoms with E-state index in [0.717, 1.165) is 5.69 Å². The fraction of sp³-hybridized carbons (Fsp3) is 0.286. The number of thiophene rings is 1. The molecule has 0 aliphatic carbocycles. The molecule has 2 aromatic rings. The van der Waals surface area contributed by atoms with E-state index in [4.69, 9.17) is 0 Å². The van der Waals surface area contributed by atoms with Crippen LogP contribution in [-0.4, -0.2) is 9.78 Å². The van der Waals surface area contributed by atoms with Crippen LogP contribution in [0.5, 0.6) is 0 Å². The van der Waals surface area contributed by atoms with Gasteiger partial charge in [-0.05, 0) is 13.0 Å². The fourth-order valence-electron chi connectivity index (χ4n) is 1.09. The van der Waals surface area contributed by atoms with Crippen molar-refractivity contribution >= 4 is 21.6 Å². The molecule has 10 heavy (non-hydrogen) atoms. The van der Waals surface area contributed by atoms with Crippen LogP contribution in [0.25, 0.3) is 10.2 Å². The molecule has 3 heteroatoms. The Bertz CT molecular complexity index is 327. The van der Waals surface area contributed by atoms with Crippen molar-refractivity contribution in [3.8, 4) is 0 Å². The Morgan fingerprint density at radius 3 is 3.20 bits per heavy atom. The highest BCUT2D eigenvalue weighted by atomic mass is 32.1. The van der Waals surface area contributed by atoms with Crippen molar-refractivity contribution in [3.05, 3.63) is 17.1 Å². The largest absolute Gasteiger partial charge is 0.267 e. The maximum atomic E-state index is 4.26. The minimum Gasteiger partial charge on any atom is -0.267 e. The highest BCUT2D eigenvalue weighted by Gasteiger charge is 2.03. The smallest absolute Gasteiger partial charge is 0.0796 e. The molecule has 0 saturated heterocycles. The topological polar surface area (TPSA) is 17.8 Å². The Labute approximate surface area is 63.1 Å². The summed E-state index contributed by atoms with van der Waals surface area (Å²) >= 11 is 1.63. The molecular weight excluding hydrogens is 144 g/mol. The molecule has 2 aromatic heterocycles. The molecule has 2 nitrogen and oxygen atoms in total. The van der Waals surface area contributed by atoms with Crippen molar-refractivity contribution in [1.82, 2.24) is 9.78 Å². The Balaban J connectivity index is 2.98. The van der Waals surface area contributed by atoms with Crippen molar-refractivity contribution in [3.63, 3.8) is 0 Å². The van der Waals surface area contributed by atoms with Gasteiger partial charge >= 0.3 is 0 Å². The van der Waals surface area contributed by atoms with E-state index in [0.29, 0.717) is 0 Å². The van der Waals surface area contributed by atoms with Gasteiger partial charge in [0.05, 0.1) is 15.9 Å². The molecular formula is C7H7N2S. The zero-order chi connectivity index (χ0) is 7.14. The zero-order valence-corrected chi connectivity index (χ0v) is 6.70. The first-order valence-corrected chi connectivity index (χ1v) is 3.90. The van der Waals surface area contributed by atoms with Gasteiger partial charge in [0.25, 0.3) is 0 Å². The molecule has 0 aliphatic rings. The molecule has 0 saturated carbocycles. The average molecular weight is 151 g/mol. The summed E-state index contributed by atoms with van der Waals surface area (Å²) in [7, 11) is 1.95. The van der Waals surface area contributed by atoms with Gasteiger partial charge in [0.1, 0.15) is 0 Å². The maximum absolute atomic E-state index is 4.26. The quantitative estimate of drug-likeness (QED) is 0.561. The van der Waals surface area contributed by atoms with Gasteiger partial charge < -0.3 is 0 Å². The first-order chi connectivity index (χ1) is 4.79. The summed E-state index contributed by atoms with van der Waals surface area (Å²) in [6, 6.07) is 1.97. The van der Waals surface area contributed by atoms with Crippen molar-refractivity contribution in [2.45, 2.75) is 6.92 Å². The van der Waals surface area contributed by atoms with Gasteiger partial charge in [-0.15, -0.1) is 11.3 Å². The number of nitrogens with zero attached hydrogens (tertiary/aromatic N) is 2. The zero-order valence-electron chi connectivity index (χ0n) is 5.88. The van der Waals surface area contributed by atoms with Gasteiger partial charge in [-0.3, -0.25) is 4.68 Å². The molecule has 0 unspecified atom stereocenters. The van der Waals surface area contributed by atoms with Crippen LogP contribution in [0.1, 0.15) is 5.69 Å². The molecule has 51 valence electrons. The fourth-order valence-corrected chi connectivity index (χ4v) is 1.86. The third-order valence-corrected chi connectivity index (χ3v) is 2.51. The highest BCUT2D eigenvalue weighted by molar-refractivity contribution is 7.16. The highest BCUT2D eigenvalue weighted by Crippen LogP contribution is 2.22. The molecule has 0 spiro atoms. The lowest BCUT2D eigenvalue weighted by molar-refractivity contribution is 0.783. The predicted octanol–water partition coefficient (Wildman–Crippen LogP) is 1.74. The molecule has 0 atom stereocenters. The summed E-state index contributed by atoms with van der Waals surface area (Å²) in [6.07, 6.45) is 0. The summed E-state index contributed by atoms with van der Waals surface area (Å²) in [5.41, 5.74) is 2.28. The SMILES string of the molecule is Cc1nn(C)c2c[c]sc12. The van der Waals surface area contributed by atoms with Crippen molar-refractivity contribution in [1.29, 1.82) is 0 Å². The number of rotatable bonds is 0. The Kier molecular flexibility index (Phi) is 1.08. The van der Waals surface area contributed by atoms with Crippen LogP contribution in [0, 0.1) is 12.3 Å². The minimum absolute atomic E-state index is 1.10. The van der Waals surface area contributed by atoms with E-state index in [1.165, 1.54) is 10.2 Å². The van der Waals surface area contributed by atoms with E-state index < -0.39 is 0 Å². The summed E-state index contributed by atoms with van der Waals surface area (Å²) in [5, 5.41) is 7.34. The van der Waals surface area contributed by atoms with Crippen LogP contribution in [0.2, 0.25) is 0 Å². The Morgan fingerprint density at radius 2 is 2.50 bits per heavy atom. The lowest BCUT2D eigenvalue weighted by Crippen LogP contribution is -1.88. The monoisotopic (exact) mass is 151 g/mol. The molecule has 0 amide bonds. The van der Waals surface area contributed by atoms with E-state index in [-0.39, 0.29) is 0 Å². The van der Waals surface area contributed by atoms with Crippen molar-refractivity contribution in [2.75, 3.05) is 0 Å². The van der Waals surface area contributed by atoms with Crippen LogP contribution >= 0.6 is 11.3 Å². The summed E-state index contributed by atoms with van der Waals surface area (Å²) in [6.45, 7) is 2.02. The maximum Gasteiger partial charge on any atom is 0.0796 e. The summed E-state index contributed by atoms with van der Waals surface area (Å²) < 4.78 is 3.14. The number of aromatic nitrogens is 2. The molecule has 0 aromatic carbocycles. The van der Waals surface area contributed by atoms with Gasteiger partial charge in [-0.2, -0.15) is 5.10 Å². The van der Waals surface area contributed by atoms with Gasteiger partial charge in [0.15, 0.2) is 0 Å². The van der Waals surface area contributed by atoms with Crippen LogP contribution in [0.15, 0.2) is 6.07 Å². The normalized spacial score (nSPS) is 11.0. The Morgan fingerprint density at radius 1 is 1.70 bits per heavy atom. The standard InChI is InChI=1S/C7H7N2S/c1-5-7-6(3-4-10-7)9(2)8-5/h3H,1-2H3. The van der Waals surface area contributed by atoms with Gasteiger partial charge in [-0.1, -0.05) is 0 Å². The van der Waals surface area contributed by atoms with Crippen LogP contribution < -0.4 is 0 Å². The first-order valence-electron chi connectivity index (χ1n) is 3.08. The average Bonchev–Trinajstić information content (AvgIpc) is 2.39. The van der Waals surface area contributed by atoms with Crippen molar-refractivity contribution < 1.29 is 0 Å². The summed E-state index contributed by atoms with van der Waals surface area (Å²) in [4.78, 5) is 0. The second-order valence-corrected chi connectivity index (χ2v) is 3.14. The number of aryl methyl sites for hydroxylation is 2. The van der Waals surface area contributed by atoms with Crippen LogP contribution in [0.3, 0.4) is 0 Å². The number of hydrogen-bond donors (Lipinski definition) is 0. The predicted molar refractivity (Wildman–Crippen MR) is 42.2 cm³/mol. The van der Waals surface area contributed by atoms with E-state index in [1.54, 1.807) is 11.3 Å². The van der Waals surface area contributed by atoms with E-state index in [9.17, 15) is 0 Å². The molecule has 0 N–H and O–H groups in total. The molecule has 2 heterocycles. The molecule has 0 bridgehead atoms. The molecule has 1 radical (unpaired) electrons. The van der Waals surface area contributed by atoms with Gasteiger partial charge in [0, 0.05) is 12.4 Å². The van der Waals surface area contributed by atoms with Gasteiger partial charge in [0.2, 0.25) is 0 Å². The minimum atomic E-state index is 1.10. The third kappa shape index (κ3) is 0.609. The van der Waals surface area contributed by atoms with E-state index in [1.807, 2.05) is 24.7 Å². The third-order valence-electron chi connectivity index (χ3n) is 1.57. The van der Waals surface area contributed by atoms with Crippen molar-refractivity contribution in [2.24, 2.45) is 7.05 Å². The van der Waals surface area contributed by atoms with E-state index in [2.05, 4.69) is 10.5 Å². The first kappa shape index (κ1) is 5.92. The lowest BCUT2D eigenvalue weighted by atomic mass is 10.4. The van der Waals surface area contributed by atoms with E-state index >= 15 is 0 Å². The number of hydrogen-bond acceptors (Lipinski definition) is 2.